The van der Waals surface area contributed by atoms with Crippen molar-refractivity contribution in [3.05, 3.63) is 84.2 Å². The van der Waals surface area contributed by atoms with Crippen LogP contribution in [0, 0.1) is 6.92 Å². The number of aromatic nitrogens is 1. The molecule has 3 aromatic rings. The fraction of sp³-hybridized carbons (Fsp3) is 0.150. The molecule has 1 N–H and O–H groups in total. The Morgan fingerprint density at radius 3 is 2.35 bits per heavy atom. The average molecular weight is 385 g/mol. The summed E-state index contributed by atoms with van der Waals surface area (Å²) in [5.74, 6) is 0.922. The number of nitrogens with zero attached hydrogens (tertiary/aromatic N) is 1. The maximum absolute atomic E-state index is 12.4. The van der Waals surface area contributed by atoms with Crippen LogP contribution < -0.4 is 4.72 Å². The lowest BCUT2D eigenvalue weighted by Crippen LogP contribution is -2.12. The van der Waals surface area contributed by atoms with Gasteiger partial charge < -0.3 is 0 Å². The van der Waals surface area contributed by atoms with Gasteiger partial charge in [-0.25, -0.2) is 8.42 Å². The molecule has 26 heavy (non-hydrogen) atoms. The van der Waals surface area contributed by atoms with Gasteiger partial charge in [0.25, 0.3) is 10.0 Å². The Balaban J connectivity index is 1.58. The lowest BCUT2D eigenvalue weighted by molar-refractivity contribution is 0.601. The molecular formula is C20H20N2O2S2. The molecular weight excluding hydrogens is 364 g/mol. The molecule has 1 heterocycles. The second kappa shape index (κ2) is 8.38. The molecule has 0 amide bonds. The van der Waals surface area contributed by atoms with E-state index in [1.807, 2.05) is 37.3 Å². The molecule has 2 aromatic carbocycles. The minimum absolute atomic E-state index is 0.261. The number of rotatable bonds is 7. The van der Waals surface area contributed by atoms with Crippen LogP contribution in [0.1, 0.15) is 11.3 Å². The van der Waals surface area contributed by atoms with Crippen LogP contribution >= 0.6 is 11.8 Å². The summed E-state index contributed by atoms with van der Waals surface area (Å²) in [5.41, 5.74) is 2.65. The van der Waals surface area contributed by atoms with E-state index in [4.69, 9.17) is 0 Å². The normalized spacial score (nSPS) is 11.3. The number of pyridine rings is 1. The van der Waals surface area contributed by atoms with Gasteiger partial charge in [0.2, 0.25) is 0 Å². The van der Waals surface area contributed by atoms with E-state index < -0.39 is 10.0 Å². The van der Waals surface area contributed by atoms with Gasteiger partial charge in [-0.1, -0.05) is 23.8 Å². The van der Waals surface area contributed by atoms with Crippen molar-refractivity contribution < 1.29 is 8.42 Å². The molecule has 6 heteroatoms. The Morgan fingerprint density at radius 1 is 0.962 bits per heavy atom. The molecule has 0 unspecified atom stereocenters. The number of benzene rings is 2. The summed E-state index contributed by atoms with van der Waals surface area (Å²) in [6, 6.07) is 20.1. The van der Waals surface area contributed by atoms with Crippen molar-refractivity contribution in [1.29, 1.82) is 0 Å². The lowest BCUT2D eigenvalue weighted by Gasteiger charge is -2.09. The molecule has 4 nitrogen and oxygen atoms in total. The van der Waals surface area contributed by atoms with Crippen molar-refractivity contribution >= 4 is 27.5 Å². The number of nitrogens with one attached hydrogen (secondary N) is 1. The summed E-state index contributed by atoms with van der Waals surface area (Å²) in [6.07, 6.45) is 2.70. The fourth-order valence-electron chi connectivity index (χ4n) is 2.37. The zero-order valence-electron chi connectivity index (χ0n) is 14.4. The molecule has 0 saturated heterocycles. The fourth-order valence-corrected chi connectivity index (χ4v) is 4.30. The standard InChI is InChI=1S/C20H20N2O2S2/c1-16-5-11-20(12-6-16)26(23,24)22-18-7-9-19(10-8-18)25-15-13-17-4-2-3-14-21-17/h2-12,14,22H,13,15H2,1H3. The predicted molar refractivity (Wildman–Crippen MR) is 107 cm³/mol. The highest BCUT2D eigenvalue weighted by atomic mass is 32.2. The van der Waals surface area contributed by atoms with Crippen molar-refractivity contribution in [2.45, 2.75) is 23.1 Å². The Labute approximate surface area is 158 Å². The van der Waals surface area contributed by atoms with E-state index in [1.165, 1.54) is 0 Å². The Bertz CT molecular complexity index is 939. The molecule has 0 saturated carbocycles. The molecule has 0 radical (unpaired) electrons. The molecule has 0 aliphatic rings. The van der Waals surface area contributed by atoms with E-state index in [2.05, 4.69) is 9.71 Å². The van der Waals surface area contributed by atoms with Crippen molar-refractivity contribution in [1.82, 2.24) is 4.98 Å². The number of aryl methyl sites for hydroxylation is 2. The highest BCUT2D eigenvalue weighted by Gasteiger charge is 2.13. The van der Waals surface area contributed by atoms with Gasteiger partial charge in [0.1, 0.15) is 0 Å². The first-order valence-corrected chi connectivity index (χ1v) is 10.7. The summed E-state index contributed by atoms with van der Waals surface area (Å²) in [6.45, 7) is 1.92. The Morgan fingerprint density at radius 2 is 1.69 bits per heavy atom. The Kier molecular flexibility index (Phi) is 5.96. The van der Waals surface area contributed by atoms with E-state index in [0.717, 1.165) is 28.3 Å². The quantitative estimate of drug-likeness (QED) is 0.608. The molecule has 0 aliphatic heterocycles. The number of hydrogen-bond donors (Lipinski definition) is 1. The number of hydrogen-bond acceptors (Lipinski definition) is 4. The number of thioether (sulfide) groups is 1. The summed E-state index contributed by atoms with van der Waals surface area (Å²) >= 11 is 1.72. The van der Waals surface area contributed by atoms with Gasteiger partial charge in [0.05, 0.1) is 4.90 Å². The number of anilines is 1. The van der Waals surface area contributed by atoms with E-state index in [1.54, 1.807) is 54.4 Å². The van der Waals surface area contributed by atoms with Gasteiger partial charge in [-0.15, -0.1) is 11.8 Å². The van der Waals surface area contributed by atoms with Crippen LogP contribution in [0.15, 0.2) is 82.7 Å². The second-order valence-corrected chi connectivity index (χ2v) is 8.71. The zero-order valence-corrected chi connectivity index (χ0v) is 16.1. The molecule has 0 aliphatic carbocycles. The van der Waals surface area contributed by atoms with Crippen LogP contribution in [0.3, 0.4) is 0 Å². The average Bonchev–Trinajstić information content (AvgIpc) is 2.64. The van der Waals surface area contributed by atoms with E-state index in [0.29, 0.717) is 5.69 Å². The molecule has 0 atom stereocenters. The molecule has 134 valence electrons. The maximum atomic E-state index is 12.4. The first-order chi connectivity index (χ1) is 12.5. The van der Waals surface area contributed by atoms with E-state index >= 15 is 0 Å². The van der Waals surface area contributed by atoms with E-state index in [9.17, 15) is 8.42 Å². The van der Waals surface area contributed by atoms with Crippen molar-refractivity contribution in [2.75, 3.05) is 10.5 Å². The van der Waals surface area contributed by atoms with E-state index in [-0.39, 0.29) is 4.90 Å². The van der Waals surface area contributed by atoms with Crippen LogP contribution in [0.4, 0.5) is 5.69 Å². The smallest absolute Gasteiger partial charge is 0.261 e. The summed E-state index contributed by atoms with van der Waals surface area (Å²) in [7, 11) is -3.56. The minimum Gasteiger partial charge on any atom is -0.280 e. The predicted octanol–water partition coefficient (Wildman–Crippen LogP) is 4.53. The maximum Gasteiger partial charge on any atom is 0.261 e. The highest BCUT2D eigenvalue weighted by Crippen LogP contribution is 2.23. The first kappa shape index (κ1) is 18.5. The topological polar surface area (TPSA) is 59.1 Å². The molecule has 1 aromatic heterocycles. The number of sulfonamides is 1. The minimum atomic E-state index is -3.56. The third kappa shape index (κ3) is 5.09. The van der Waals surface area contributed by atoms with Gasteiger partial charge in [-0.05, 0) is 61.9 Å². The van der Waals surface area contributed by atoms with Crippen LogP contribution in [0.25, 0.3) is 0 Å². The second-order valence-electron chi connectivity index (χ2n) is 5.86. The first-order valence-electron chi connectivity index (χ1n) is 8.25. The van der Waals surface area contributed by atoms with Crippen molar-refractivity contribution in [3.8, 4) is 0 Å². The summed E-state index contributed by atoms with van der Waals surface area (Å²) in [4.78, 5) is 5.67. The van der Waals surface area contributed by atoms with Crippen LogP contribution in [-0.4, -0.2) is 19.2 Å². The third-order valence-corrected chi connectivity index (χ3v) is 6.20. The highest BCUT2D eigenvalue weighted by molar-refractivity contribution is 7.99. The third-order valence-electron chi connectivity index (χ3n) is 3.79. The van der Waals surface area contributed by atoms with Crippen LogP contribution in [0.2, 0.25) is 0 Å². The molecule has 3 rings (SSSR count). The monoisotopic (exact) mass is 384 g/mol. The van der Waals surface area contributed by atoms with Gasteiger partial charge in [0.15, 0.2) is 0 Å². The van der Waals surface area contributed by atoms with Gasteiger partial charge in [-0.2, -0.15) is 0 Å². The largest absolute Gasteiger partial charge is 0.280 e. The van der Waals surface area contributed by atoms with Gasteiger partial charge in [0, 0.05) is 28.2 Å². The molecule has 0 spiro atoms. The molecule has 0 fully saturated rings. The van der Waals surface area contributed by atoms with Gasteiger partial charge in [-0.3, -0.25) is 9.71 Å². The van der Waals surface area contributed by atoms with Crippen molar-refractivity contribution in [2.24, 2.45) is 0 Å². The Hall–Kier alpha value is -2.31. The zero-order chi connectivity index (χ0) is 18.4. The van der Waals surface area contributed by atoms with Crippen molar-refractivity contribution in [3.63, 3.8) is 0 Å². The van der Waals surface area contributed by atoms with Crippen LogP contribution in [0.5, 0.6) is 0 Å². The summed E-state index contributed by atoms with van der Waals surface area (Å²) in [5, 5.41) is 0. The van der Waals surface area contributed by atoms with Gasteiger partial charge >= 0.3 is 0 Å². The lowest BCUT2D eigenvalue weighted by atomic mass is 10.2. The van der Waals surface area contributed by atoms with Crippen LogP contribution in [-0.2, 0) is 16.4 Å². The molecule has 0 bridgehead atoms. The SMILES string of the molecule is Cc1ccc(S(=O)(=O)Nc2ccc(SCCc3ccccn3)cc2)cc1. The summed E-state index contributed by atoms with van der Waals surface area (Å²) < 4.78 is 27.4.